The summed E-state index contributed by atoms with van der Waals surface area (Å²) in [5, 5.41) is 13.2. The Balaban J connectivity index is 1.23. The van der Waals surface area contributed by atoms with Gasteiger partial charge in [0.15, 0.2) is 0 Å². The van der Waals surface area contributed by atoms with Crippen molar-refractivity contribution in [1.29, 1.82) is 0 Å². The molecule has 1 aliphatic rings. The fraction of sp³-hybridized carbons (Fsp3) is 0.0938. The molecular weight excluding hydrogens is 566 g/mol. The number of carbonyl (C=O) groups excluding carboxylic acids is 4. The Morgan fingerprint density at radius 1 is 0.930 bits per heavy atom. The molecule has 2 heterocycles. The lowest BCUT2D eigenvalue weighted by Crippen LogP contribution is -2.35. The fourth-order valence-corrected chi connectivity index (χ4v) is 5.00. The maximum Gasteiger partial charge on any atom is 0.272 e. The highest BCUT2D eigenvalue weighted by molar-refractivity contribution is 8.00. The average Bonchev–Trinajstić information content (AvgIpc) is 3.67. The normalized spacial score (nSPS) is 13.7. The third-order valence-electron chi connectivity index (χ3n) is 6.18. The predicted molar refractivity (Wildman–Crippen MR) is 165 cm³/mol. The molecule has 0 aliphatic carbocycles. The Hall–Kier alpha value is -5.42. The monoisotopic (exact) mass is 593 g/mol. The molecule has 1 atom stereocenters. The molecule has 3 N–H and O–H groups in total. The highest BCUT2D eigenvalue weighted by Crippen LogP contribution is 2.27. The first-order valence-corrected chi connectivity index (χ1v) is 14.2. The standard InChI is InChI=1S/C32H27N5O5S/c1-21(30(39)35-28-20-29(38)37(36-28)24-13-6-3-7-14-24)43-26-16-8-12-23(18-26)33-32(41)27(19-25-15-9-17-42-25)34-31(40)22-10-4-2-5-11-22/h2-19,21H,20H2,1H3,(H,33,41)(H,34,40)(H,35,36,39)/b27-19-. The summed E-state index contributed by atoms with van der Waals surface area (Å²) in [6.07, 6.45) is 2.90. The molecule has 0 radical (unpaired) electrons. The molecule has 0 spiro atoms. The van der Waals surface area contributed by atoms with Gasteiger partial charge in [0, 0.05) is 22.2 Å². The first-order valence-electron chi connectivity index (χ1n) is 13.3. The number of para-hydroxylation sites is 1. The van der Waals surface area contributed by atoms with Crippen LogP contribution < -0.4 is 21.0 Å². The van der Waals surface area contributed by atoms with E-state index in [0.29, 0.717) is 22.7 Å². The summed E-state index contributed by atoms with van der Waals surface area (Å²) >= 11 is 1.28. The SMILES string of the molecule is CC(Sc1cccc(NC(=O)/C(=C/c2ccco2)NC(=O)c2ccccc2)c1)C(=O)NC1=NN(c2ccccc2)C(=O)C1. The average molecular weight is 594 g/mol. The number of amidine groups is 1. The van der Waals surface area contributed by atoms with E-state index in [1.807, 2.05) is 12.1 Å². The number of furan rings is 1. The number of benzene rings is 3. The summed E-state index contributed by atoms with van der Waals surface area (Å²) < 4.78 is 5.34. The molecule has 1 aromatic heterocycles. The molecule has 10 nitrogen and oxygen atoms in total. The Morgan fingerprint density at radius 3 is 2.40 bits per heavy atom. The number of nitrogens with one attached hydrogen (secondary N) is 3. The maximum atomic E-state index is 13.2. The second-order valence-electron chi connectivity index (χ2n) is 9.39. The number of hydrazone groups is 1. The first kappa shape index (κ1) is 29.1. The van der Waals surface area contributed by atoms with Crippen molar-refractivity contribution in [3.05, 3.63) is 120 Å². The number of nitrogens with zero attached hydrogens (tertiary/aromatic N) is 2. The van der Waals surface area contributed by atoms with Gasteiger partial charge in [-0.15, -0.1) is 11.8 Å². The van der Waals surface area contributed by atoms with Gasteiger partial charge >= 0.3 is 0 Å². The van der Waals surface area contributed by atoms with Crippen LogP contribution in [0, 0.1) is 0 Å². The Kier molecular flexibility index (Phi) is 9.13. The van der Waals surface area contributed by atoms with Gasteiger partial charge in [-0.25, -0.2) is 0 Å². The largest absolute Gasteiger partial charge is 0.465 e. The summed E-state index contributed by atoms with van der Waals surface area (Å²) in [7, 11) is 0. The van der Waals surface area contributed by atoms with Gasteiger partial charge in [-0.05, 0) is 61.5 Å². The molecule has 1 unspecified atom stereocenters. The van der Waals surface area contributed by atoms with Crippen LogP contribution in [0.5, 0.6) is 0 Å². The van der Waals surface area contributed by atoms with Gasteiger partial charge in [0.2, 0.25) is 5.91 Å². The van der Waals surface area contributed by atoms with Gasteiger partial charge in [0.25, 0.3) is 17.7 Å². The van der Waals surface area contributed by atoms with Crippen LogP contribution >= 0.6 is 11.8 Å². The third-order valence-corrected chi connectivity index (χ3v) is 7.27. The van der Waals surface area contributed by atoms with Gasteiger partial charge in [-0.2, -0.15) is 10.1 Å². The Bertz CT molecular complexity index is 1690. The summed E-state index contributed by atoms with van der Waals surface area (Å²) in [6.45, 7) is 1.74. The number of hydrogen-bond donors (Lipinski definition) is 3. The maximum absolute atomic E-state index is 13.2. The lowest BCUT2D eigenvalue weighted by atomic mass is 10.2. The summed E-state index contributed by atoms with van der Waals surface area (Å²) in [5.41, 5.74) is 1.48. The molecule has 5 rings (SSSR count). The van der Waals surface area contributed by atoms with Crippen LogP contribution in [0.4, 0.5) is 11.4 Å². The summed E-state index contributed by atoms with van der Waals surface area (Å²) in [4.78, 5) is 52.1. The van der Waals surface area contributed by atoms with Gasteiger partial charge in [0.1, 0.15) is 17.3 Å². The molecule has 4 aromatic rings. The summed E-state index contributed by atoms with van der Waals surface area (Å²) in [6, 6.07) is 27.9. The van der Waals surface area contributed by atoms with Crippen LogP contribution in [0.15, 0.2) is 123 Å². The number of carbonyl (C=O) groups is 4. The van der Waals surface area contributed by atoms with Crippen LogP contribution in [0.3, 0.4) is 0 Å². The topological polar surface area (TPSA) is 133 Å². The molecule has 43 heavy (non-hydrogen) atoms. The van der Waals surface area contributed by atoms with Gasteiger partial charge in [-0.3, -0.25) is 19.2 Å². The Labute approximate surface area is 251 Å². The minimum absolute atomic E-state index is 0.00575. The van der Waals surface area contributed by atoms with Crippen molar-refractivity contribution in [2.45, 2.75) is 23.5 Å². The molecule has 0 saturated heterocycles. The molecule has 0 bridgehead atoms. The van der Waals surface area contributed by atoms with Gasteiger partial charge < -0.3 is 20.4 Å². The number of hydrogen-bond acceptors (Lipinski definition) is 7. The van der Waals surface area contributed by atoms with Crippen LogP contribution in [0.1, 0.15) is 29.5 Å². The van der Waals surface area contributed by atoms with E-state index >= 15 is 0 Å². The third kappa shape index (κ3) is 7.66. The zero-order chi connectivity index (χ0) is 30.2. The zero-order valence-electron chi connectivity index (χ0n) is 23.0. The lowest BCUT2D eigenvalue weighted by molar-refractivity contribution is -0.119. The van der Waals surface area contributed by atoms with Gasteiger partial charge in [0.05, 0.1) is 23.6 Å². The number of anilines is 2. The minimum Gasteiger partial charge on any atom is -0.465 e. The number of rotatable bonds is 9. The van der Waals surface area contributed by atoms with E-state index in [-0.39, 0.29) is 29.8 Å². The molecule has 0 fully saturated rings. The molecule has 3 aromatic carbocycles. The fourth-order valence-electron chi connectivity index (χ4n) is 4.08. The van der Waals surface area contributed by atoms with E-state index in [0.717, 1.165) is 4.90 Å². The van der Waals surface area contributed by atoms with Crippen molar-refractivity contribution in [3.63, 3.8) is 0 Å². The van der Waals surface area contributed by atoms with E-state index in [1.165, 1.54) is 29.1 Å². The van der Waals surface area contributed by atoms with Crippen molar-refractivity contribution >= 4 is 58.7 Å². The highest BCUT2D eigenvalue weighted by atomic mass is 32.2. The van der Waals surface area contributed by atoms with Crippen LogP contribution in [0.2, 0.25) is 0 Å². The Morgan fingerprint density at radius 2 is 1.67 bits per heavy atom. The molecule has 0 saturated carbocycles. The molecular formula is C32H27N5O5S. The lowest BCUT2D eigenvalue weighted by Gasteiger charge is -2.14. The van der Waals surface area contributed by atoms with Crippen molar-refractivity contribution in [2.24, 2.45) is 5.10 Å². The van der Waals surface area contributed by atoms with Crippen LogP contribution in [-0.4, -0.2) is 34.7 Å². The van der Waals surface area contributed by atoms with E-state index in [4.69, 9.17) is 4.42 Å². The minimum atomic E-state index is -0.555. The number of amides is 4. The van der Waals surface area contributed by atoms with Crippen LogP contribution in [0.25, 0.3) is 6.08 Å². The molecule has 4 amide bonds. The molecule has 216 valence electrons. The van der Waals surface area contributed by atoms with Crippen molar-refractivity contribution in [2.75, 3.05) is 10.3 Å². The highest BCUT2D eigenvalue weighted by Gasteiger charge is 2.27. The van der Waals surface area contributed by atoms with Crippen molar-refractivity contribution < 1.29 is 23.6 Å². The molecule has 1 aliphatic heterocycles. The summed E-state index contributed by atoms with van der Waals surface area (Å²) in [5.74, 6) is -0.874. The second kappa shape index (κ2) is 13.5. The van der Waals surface area contributed by atoms with E-state index < -0.39 is 17.1 Å². The van der Waals surface area contributed by atoms with Gasteiger partial charge in [-0.1, -0.05) is 42.5 Å². The predicted octanol–water partition coefficient (Wildman–Crippen LogP) is 5.04. The van der Waals surface area contributed by atoms with Crippen molar-refractivity contribution in [1.82, 2.24) is 10.6 Å². The smallest absolute Gasteiger partial charge is 0.272 e. The zero-order valence-corrected chi connectivity index (χ0v) is 23.8. The van der Waals surface area contributed by atoms with E-state index in [1.54, 1.807) is 91.9 Å². The quantitative estimate of drug-likeness (QED) is 0.184. The van der Waals surface area contributed by atoms with Crippen LogP contribution in [-0.2, 0) is 14.4 Å². The first-order chi connectivity index (χ1) is 20.9. The van der Waals surface area contributed by atoms with E-state index in [9.17, 15) is 19.2 Å². The second-order valence-corrected chi connectivity index (χ2v) is 10.8. The molecule has 11 heteroatoms. The number of thioether (sulfide) groups is 1. The van der Waals surface area contributed by atoms with E-state index in [2.05, 4.69) is 21.1 Å². The van der Waals surface area contributed by atoms with Crippen molar-refractivity contribution in [3.8, 4) is 0 Å².